The summed E-state index contributed by atoms with van der Waals surface area (Å²) in [6.45, 7) is 1.66. The normalized spacial score (nSPS) is 9.76. The standard InChI is InChI=1S/C11H12ClNO4/c1-2-17-10(15)6-13-11(16)8-5-7(12)3-4-9(8)14/h3-5,14H,2,6H2,1H3,(H,13,16). The van der Waals surface area contributed by atoms with Crippen molar-refractivity contribution in [1.29, 1.82) is 0 Å². The number of ether oxygens (including phenoxy) is 1. The molecule has 0 aliphatic heterocycles. The molecule has 1 aromatic carbocycles. The molecule has 0 bridgehead atoms. The Morgan fingerprint density at radius 2 is 2.18 bits per heavy atom. The molecule has 0 aliphatic rings. The summed E-state index contributed by atoms with van der Waals surface area (Å²) in [5.74, 6) is -1.32. The number of esters is 1. The van der Waals surface area contributed by atoms with Crippen molar-refractivity contribution in [2.45, 2.75) is 6.92 Å². The zero-order valence-electron chi connectivity index (χ0n) is 9.20. The lowest BCUT2D eigenvalue weighted by atomic mass is 10.2. The maximum atomic E-state index is 11.6. The van der Waals surface area contributed by atoms with Gasteiger partial charge in [-0.05, 0) is 25.1 Å². The molecule has 1 amide bonds. The number of halogens is 1. The fourth-order valence-electron chi connectivity index (χ4n) is 1.15. The van der Waals surface area contributed by atoms with E-state index in [4.69, 9.17) is 11.6 Å². The number of hydrogen-bond donors (Lipinski definition) is 2. The van der Waals surface area contributed by atoms with E-state index < -0.39 is 11.9 Å². The summed E-state index contributed by atoms with van der Waals surface area (Å²) in [5, 5.41) is 12.1. The predicted octanol–water partition coefficient (Wildman–Crippen LogP) is 1.34. The van der Waals surface area contributed by atoms with Crippen LogP contribution in [0, 0.1) is 0 Å². The Bertz CT molecular complexity index is 433. The number of phenols is 1. The van der Waals surface area contributed by atoms with Gasteiger partial charge in [-0.1, -0.05) is 11.6 Å². The summed E-state index contributed by atoms with van der Waals surface area (Å²) < 4.78 is 4.64. The van der Waals surface area contributed by atoms with Crippen LogP contribution in [0.15, 0.2) is 18.2 Å². The van der Waals surface area contributed by atoms with Crippen LogP contribution in [0.4, 0.5) is 0 Å². The Balaban J connectivity index is 2.64. The van der Waals surface area contributed by atoms with Crippen LogP contribution in [-0.4, -0.2) is 30.1 Å². The van der Waals surface area contributed by atoms with Gasteiger partial charge in [0.2, 0.25) is 0 Å². The smallest absolute Gasteiger partial charge is 0.325 e. The van der Waals surface area contributed by atoms with Crippen LogP contribution >= 0.6 is 11.6 Å². The zero-order valence-corrected chi connectivity index (χ0v) is 9.95. The molecule has 0 spiro atoms. The molecular formula is C11H12ClNO4. The first-order valence-electron chi connectivity index (χ1n) is 4.97. The number of rotatable bonds is 4. The molecule has 0 unspecified atom stereocenters. The molecule has 0 atom stereocenters. The lowest BCUT2D eigenvalue weighted by molar-refractivity contribution is -0.141. The van der Waals surface area contributed by atoms with Gasteiger partial charge in [-0.3, -0.25) is 9.59 Å². The van der Waals surface area contributed by atoms with Crippen LogP contribution in [0.25, 0.3) is 0 Å². The van der Waals surface area contributed by atoms with E-state index in [2.05, 4.69) is 10.1 Å². The third-order valence-electron chi connectivity index (χ3n) is 1.90. The average molecular weight is 258 g/mol. The van der Waals surface area contributed by atoms with Crippen molar-refractivity contribution >= 4 is 23.5 Å². The number of nitrogens with one attached hydrogen (secondary N) is 1. The number of amides is 1. The molecule has 0 heterocycles. The summed E-state index contributed by atoms with van der Waals surface area (Å²) in [5.41, 5.74) is 0.0156. The van der Waals surface area contributed by atoms with Crippen molar-refractivity contribution < 1.29 is 19.4 Å². The second kappa shape index (κ2) is 6.10. The first kappa shape index (κ1) is 13.3. The van der Waals surface area contributed by atoms with Gasteiger partial charge >= 0.3 is 5.97 Å². The second-order valence-electron chi connectivity index (χ2n) is 3.15. The molecule has 0 aliphatic carbocycles. The second-order valence-corrected chi connectivity index (χ2v) is 3.59. The van der Waals surface area contributed by atoms with E-state index in [1.54, 1.807) is 6.92 Å². The minimum Gasteiger partial charge on any atom is -0.507 e. The van der Waals surface area contributed by atoms with Gasteiger partial charge in [0.15, 0.2) is 0 Å². The molecule has 6 heteroatoms. The number of phenolic OH excluding ortho intramolecular Hbond substituents is 1. The first-order chi connectivity index (χ1) is 8.04. The molecule has 92 valence electrons. The highest BCUT2D eigenvalue weighted by Crippen LogP contribution is 2.21. The highest BCUT2D eigenvalue weighted by molar-refractivity contribution is 6.31. The highest BCUT2D eigenvalue weighted by Gasteiger charge is 2.12. The van der Waals surface area contributed by atoms with Crippen LogP contribution in [0.3, 0.4) is 0 Å². The van der Waals surface area contributed by atoms with Crippen LogP contribution < -0.4 is 5.32 Å². The Morgan fingerprint density at radius 1 is 1.47 bits per heavy atom. The lowest BCUT2D eigenvalue weighted by Crippen LogP contribution is -2.30. The number of aromatic hydroxyl groups is 1. The molecule has 0 aromatic heterocycles. The summed E-state index contributed by atoms with van der Waals surface area (Å²) in [7, 11) is 0. The molecule has 0 fully saturated rings. The minimum atomic E-state index is -0.585. The summed E-state index contributed by atoms with van der Waals surface area (Å²) >= 11 is 5.69. The van der Waals surface area contributed by atoms with Crippen molar-refractivity contribution in [3.8, 4) is 5.75 Å². The van der Waals surface area contributed by atoms with Gasteiger partial charge < -0.3 is 15.2 Å². The third-order valence-corrected chi connectivity index (χ3v) is 2.14. The Hall–Kier alpha value is -1.75. The van der Waals surface area contributed by atoms with E-state index in [9.17, 15) is 14.7 Å². The van der Waals surface area contributed by atoms with Crippen molar-refractivity contribution in [3.05, 3.63) is 28.8 Å². The Morgan fingerprint density at radius 3 is 2.82 bits per heavy atom. The maximum Gasteiger partial charge on any atom is 0.325 e. The lowest BCUT2D eigenvalue weighted by Gasteiger charge is -2.06. The van der Waals surface area contributed by atoms with Crippen LogP contribution in [-0.2, 0) is 9.53 Å². The van der Waals surface area contributed by atoms with E-state index in [0.29, 0.717) is 5.02 Å². The number of carbonyl (C=O) groups excluding carboxylic acids is 2. The predicted molar refractivity (Wildman–Crippen MR) is 62.1 cm³/mol. The third kappa shape index (κ3) is 3.96. The van der Waals surface area contributed by atoms with Crippen LogP contribution in [0.1, 0.15) is 17.3 Å². The van der Waals surface area contributed by atoms with Gasteiger partial charge in [0.1, 0.15) is 12.3 Å². The highest BCUT2D eigenvalue weighted by atomic mass is 35.5. The van der Waals surface area contributed by atoms with Gasteiger partial charge in [-0.25, -0.2) is 0 Å². The molecule has 1 rings (SSSR count). The number of benzene rings is 1. The van der Waals surface area contributed by atoms with Gasteiger partial charge in [0.05, 0.1) is 12.2 Å². The van der Waals surface area contributed by atoms with Gasteiger partial charge in [0.25, 0.3) is 5.91 Å². The molecule has 0 radical (unpaired) electrons. The molecule has 5 nitrogen and oxygen atoms in total. The van der Waals surface area contributed by atoms with E-state index >= 15 is 0 Å². The Labute approximate surface area is 103 Å². The average Bonchev–Trinajstić information content (AvgIpc) is 2.29. The van der Waals surface area contributed by atoms with E-state index in [1.807, 2.05) is 0 Å². The molecule has 0 saturated heterocycles. The van der Waals surface area contributed by atoms with Crippen LogP contribution in [0.2, 0.25) is 5.02 Å². The quantitative estimate of drug-likeness (QED) is 0.798. The van der Waals surface area contributed by atoms with Gasteiger partial charge in [0, 0.05) is 5.02 Å². The van der Waals surface area contributed by atoms with Gasteiger partial charge in [-0.2, -0.15) is 0 Å². The van der Waals surface area contributed by atoms with Crippen molar-refractivity contribution in [3.63, 3.8) is 0 Å². The summed E-state index contributed by atoms with van der Waals surface area (Å²) in [6.07, 6.45) is 0. The molecule has 17 heavy (non-hydrogen) atoms. The van der Waals surface area contributed by atoms with Gasteiger partial charge in [-0.15, -0.1) is 0 Å². The maximum absolute atomic E-state index is 11.6. The van der Waals surface area contributed by atoms with Crippen molar-refractivity contribution in [2.75, 3.05) is 13.2 Å². The minimum absolute atomic E-state index is 0.0156. The van der Waals surface area contributed by atoms with E-state index in [0.717, 1.165) is 0 Å². The number of carbonyl (C=O) groups is 2. The fraction of sp³-hybridized carbons (Fsp3) is 0.273. The summed E-state index contributed by atoms with van der Waals surface area (Å²) in [4.78, 5) is 22.6. The molecular weight excluding hydrogens is 246 g/mol. The monoisotopic (exact) mass is 257 g/mol. The van der Waals surface area contributed by atoms with Crippen molar-refractivity contribution in [2.24, 2.45) is 0 Å². The topological polar surface area (TPSA) is 75.6 Å². The van der Waals surface area contributed by atoms with Crippen molar-refractivity contribution in [1.82, 2.24) is 5.32 Å². The van der Waals surface area contributed by atoms with E-state index in [-0.39, 0.29) is 24.5 Å². The SMILES string of the molecule is CCOC(=O)CNC(=O)c1cc(Cl)ccc1O. The zero-order chi connectivity index (χ0) is 12.8. The molecule has 1 aromatic rings. The van der Waals surface area contributed by atoms with Crippen LogP contribution in [0.5, 0.6) is 5.75 Å². The van der Waals surface area contributed by atoms with E-state index in [1.165, 1.54) is 18.2 Å². The summed E-state index contributed by atoms with van der Waals surface area (Å²) in [6, 6.07) is 4.08. The number of hydrogen-bond acceptors (Lipinski definition) is 4. The molecule has 2 N–H and O–H groups in total. The molecule has 0 saturated carbocycles. The Kier molecular flexibility index (Phi) is 4.78. The first-order valence-corrected chi connectivity index (χ1v) is 5.34. The fourth-order valence-corrected chi connectivity index (χ4v) is 1.32. The largest absolute Gasteiger partial charge is 0.507 e.